The normalized spacial score (nSPS) is 11.6. The minimum absolute atomic E-state index is 0.0421. The number of hydrogen-bond donors (Lipinski definition) is 0. The zero-order chi connectivity index (χ0) is 23.1. The van der Waals surface area contributed by atoms with Crippen LogP contribution in [0.15, 0.2) is 54.2 Å². The highest BCUT2D eigenvalue weighted by molar-refractivity contribution is 5.98. The van der Waals surface area contributed by atoms with Crippen molar-refractivity contribution in [3.63, 3.8) is 0 Å². The predicted octanol–water partition coefficient (Wildman–Crippen LogP) is 4.81. The Hall–Kier alpha value is -3.79. The van der Waals surface area contributed by atoms with Crippen LogP contribution in [0.5, 0.6) is 11.6 Å². The van der Waals surface area contributed by atoms with E-state index in [0.29, 0.717) is 29.6 Å². The number of benzene rings is 1. The number of carbonyl (C=O) groups excluding carboxylic acids is 1. The Labute approximate surface area is 187 Å². The average molecular weight is 434 g/mol. The molecule has 0 N–H and O–H groups in total. The number of imidazole rings is 1. The molecule has 32 heavy (non-hydrogen) atoms. The molecule has 0 amide bonds. The number of rotatable bonds is 9. The highest BCUT2D eigenvalue weighted by atomic mass is 16.5. The average Bonchev–Trinajstić information content (AvgIpc) is 3.13. The molecule has 0 radical (unpaired) electrons. The van der Waals surface area contributed by atoms with Gasteiger partial charge in [-0.2, -0.15) is 10.2 Å². The third kappa shape index (κ3) is 5.67. The van der Waals surface area contributed by atoms with Gasteiger partial charge < -0.3 is 14.2 Å². The first kappa shape index (κ1) is 22.9. The van der Waals surface area contributed by atoms with Crippen LogP contribution in [0.3, 0.4) is 0 Å². The summed E-state index contributed by atoms with van der Waals surface area (Å²) in [5, 5.41) is 9.63. The van der Waals surface area contributed by atoms with E-state index >= 15 is 0 Å². The van der Waals surface area contributed by atoms with Gasteiger partial charge in [0.05, 0.1) is 12.7 Å². The maximum atomic E-state index is 12.6. The molecule has 2 aromatic heterocycles. The summed E-state index contributed by atoms with van der Waals surface area (Å²) < 4.78 is 18.9. The summed E-state index contributed by atoms with van der Waals surface area (Å²) in [6, 6.07) is 14.9. The molecule has 0 saturated carbocycles. The lowest BCUT2D eigenvalue weighted by atomic mass is 10.2. The van der Waals surface area contributed by atoms with Crippen molar-refractivity contribution in [3.8, 4) is 17.7 Å². The first-order valence-corrected chi connectivity index (χ1v) is 10.5. The molecule has 166 valence electrons. The summed E-state index contributed by atoms with van der Waals surface area (Å²) in [5.41, 5.74) is 1.71. The fourth-order valence-corrected chi connectivity index (χ4v) is 2.94. The lowest BCUT2D eigenvalue weighted by Crippen LogP contribution is -2.08. The Morgan fingerprint density at radius 1 is 1.16 bits per heavy atom. The fraction of sp³-hybridized carbons (Fsp3) is 0.320. The molecule has 0 aliphatic heterocycles. The lowest BCUT2D eigenvalue weighted by Gasteiger charge is -2.10. The van der Waals surface area contributed by atoms with Crippen molar-refractivity contribution in [3.05, 3.63) is 65.5 Å². The molecule has 7 heteroatoms. The van der Waals surface area contributed by atoms with Crippen molar-refractivity contribution in [2.24, 2.45) is 5.92 Å². The second-order valence-corrected chi connectivity index (χ2v) is 7.97. The zero-order valence-electron chi connectivity index (χ0n) is 18.7. The zero-order valence-corrected chi connectivity index (χ0v) is 18.7. The van der Waals surface area contributed by atoms with Gasteiger partial charge in [0.15, 0.2) is 11.4 Å². The molecule has 3 aromatic rings. The molecule has 2 heterocycles. The Morgan fingerprint density at radius 2 is 1.91 bits per heavy atom. The van der Waals surface area contributed by atoms with E-state index in [4.69, 9.17) is 14.2 Å². The van der Waals surface area contributed by atoms with E-state index in [2.05, 4.69) is 4.98 Å². The van der Waals surface area contributed by atoms with Gasteiger partial charge in [0.2, 0.25) is 5.88 Å². The molecule has 0 atom stereocenters. The number of nitriles is 1. The van der Waals surface area contributed by atoms with Gasteiger partial charge in [-0.05, 0) is 43.5 Å². The largest absolute Gasteiger partial charge is 0.487 e. The standard InChI is InChI=1S/C25H27N3O4/c1-17(2)15-30-24-21(28-12-8-11-22(23(28)27-24)32-18(3)4)13-20(14-26)25(29)31-16-19-9-6-5-7-10-19/h5-13,17-18H,15-16H2,1-4H3. The van der Waals surface area contributed by atoms with Gasteiger partial charge >= 0.3 is 5.97 Å². The summed E-state index contributed by atoms with van der Waals surface area (Å²) in [7, 11) is 0. The van der Waals surface area contributed by atoms with Crippen LogP contribution in [0.1, 0.15) is 39.0 Å². The number of hydrogen-bond acceptors (Lipinski definition) is 6. The Bertz CT molecular complexity index is 1140. The molecule has 0 aliphatic carbocycles. The molecule has 0 bridgehead atoms. The highest BCUT2D eigenvalue weighted by Gasteiger charge is 2.20. The van der Waals surface area contributed by atoms with Crippen molar-refractivity contribution in [2.75, 3.05) is 6.61 Å². The molecule has 0 spiro atoms. The SMILES string of the molecule is CC(C)COc1nc2c(OC(C)C)cccn2c1C=C(C#N)C(=O)OCc1ccccc1. The maximum absolute atomic E-state index is 12.6. The summed E-state index contributed by atoms with van der Waals surface area (Å²) in [4.78, 5) is 17.2. The first-order chi connectivity index (χ1) is 15.4. The number of esters is 1. The third-order valence-electron chi connectivity index (χ3n) is 4.37. The van der Waals surface area contributed by atoms with Crippen molar-refractivity contribution in [2.45, 2.75) is 40.4 Å². The van der Waals surface area contributed by atoms with Crippen LogP contribution in [-0.2, 0) is 16.1 Å². The third-order valence-corrected chi connectivity index (χ3v) is 4.37. The number of nitrogens with zero attached hydrogens (tertiary/aromatic N) is 3. The number of fused-ring (bicyclic) bond motifs is 1. The van der Waals surface area contributed by atoms with Crippen LogP contribution in [0.25, 0.3) is 11.7 Å². The van der Waals surface area contributed by atoms with Gasteiger partial charge in [0.25, 0.3) is 0 Å². The Balaban J connectivity index is 1.97. The van der Waals surface area contributed by atoms with Crippen LogP contribution in [-0.4, -0.2) is 28.1 Å². The van der Waals surface area contributed by atoms with Crippen LogP contribution in [0.4, 0.5) is 0 Å². The van der Waals surface area contributed by atoms with Crippen molar-refractivity contribution < 1.29 is 19.0 Å². The Morgan fingerprint density at radius 3 is 2.56 bits per heavy atom. The number of aromatic nitrogens is 2. The molecular formula is C25H27N3O4. The molecule has 0 aliphatic rings. The molecule has 1 aromatic carbocycles. The number of ether oxygens (including phenoxy) is 3. The van der Waals surface area contributed by atoms with E-state index in [9.17, 15) is 10.1 Å². The van der Waals surface area contributed by atoms with Gasteiger partial charge in [0.1, 0.15) is 23.9 Å². The van der Waals surface area contributed by atoms with E-state index in [-0.39, 0.29) is 24.2 Å². The highest BCUT2D eigenvalue weighted by Crippen LogP contribution is 2.29. The van der Waals surface area contributed by atoms with E-state index in [1.165, 1.54) is 6.08 Å². The molecule has 0 saturated heterocycles. The Kier molecular flexibility index (Phi) is 7.50. The quantitative estimate of drug-likeness (QED) is 0.274. The van der Waals surface area contributed by atoms with Crippen molar-refractivity contribution in [1.29, 1.82) is 5.26 Å². The first-order valence-electron chi connectivity index (χ1n) is 10.5. The van der Waals surface area contributed by atoms with Gasteiger partial charge in [-0.1, -0.05) is 44.2 Å². The maximum Gasteiger partial charge on any atom is 0.349 e. The van der Waals surface area contributed by atoms with Gasteiger partial charge in [0, 0.05) is 6.20 Å². The molecular weight excluding hydrogens is 406 g/mol. The molecule has 0 unspecified atom stereocenters. The minimum Gasteiger partial charge on any atom is -0.487 e. The van der Waals surface area contributed by atoms with Gasteiger partial charge in [-0.15, -0.1) is 0 Å². The minimum atomic E-state index is -0.712. The van der Waals surface area contributed by atoms with E-state index in [0.717, 1.165) is 5.56 Å². The number of carbonyl (C=O) groups is 1. The van der Waals surface area contributed by atoms with Crippen LogP contribution >= 0.6 is 0 Å². The summed E-state index contributed by atoms with van der Waals surface area (Å²) in [6.45, 7) is 8.43. The summed E-state index contributed by atoms with van der Waals surface area (Å²) in [5.74, 6) is 0.467. The van der Waals surface area contributed by atoms with E-state index < -0.39 is 5.97 Å². The monoisotopic (exact) mass is 433 g/mol. The summed E-state index contributed by atoms with van der Waals surface area (Å²) >= 11 is 0. The predicted molar refractivity (Wildman–Crippen MR) is 121 cm³/mol. The number of pyridine rings is 1. The van der Waals surface area contributed by atoms with Gasteiger partial charge in [-0.3, -0.25) is 4.40 Å². The van der Waals surface area contributed by atoms with Gasteiger partial charge in [-0.25, -0.2) is 4.79 Å². The molecule has 3 rings (SSSR count). The molecule has 0 fully saturated rings. The van der Waals surface area contributed by atoms with Crippen LogP contribution < -0.4 is 9.47 Å². The van der Waals surface area contributed by atoms with Crippen LogP contribution in [0, 0.1) is 17.2 Å². The second kappa shape index (κ2) is 10.5. The second-order valence-electron chi connectivity index (χ2n) is 7.97. The van der Waals surface area contributed by atoms with Crippen LogP contribution in [0.2, 0.25) is 0 Å². The smallest absolute Gasteiger partial charge is 0.349 e. The lowest BCUT2D eigenvalue weighted by molar-refractivity contribution is -0.139. The van der Waals surface area contributed by atoms with E-state index in [1.54, 1.807) is 10.6 Å². The topological polar surface area (TPSA) is 85.9 Å². The molecule has 7 nitrogen and oxygen atoms in total. The van der Waals surface area contributed by atoms with E-state index in [1.807, 2.05) is 76.2 Å². The van der Waals surface area contributed by atoms with Crippen molar-refractivity contribution >= 4 is 17.7 Å². The summed E-state index contributed by atoms with van der Waals surface area (Å²) in [6.07, 6.45) is 3.19. The fourth-order valence-electron chi connectivity index (χ4n) is 2.94. The van der Waals surface area contributed by atoms with Crippen molar-refractivity contribution in [1.82, 2.24) is 9.38 Å².